The monoisotopic (exact) mass is 329 g/mol. The van der Waals surface area contributed by atoms with Crippen molar-refractivity contribution in [2.75, 3.05) is 0 Å². The first-order chi connectivity index (χ1) is 9.69. The highest BCUT2D eigenvalue weighted by Crippen LogP contribution is 2.31. The zero-order valence-electron chi connectivity index (χ0n) is 11.3. The maximum Gasteiger partial charge on any atom is 0.141 e. The lowest BCUT2D eigenvalue weighted by Crippen LogP contribution is -2.24. The number of carbonyl (C=O) groups excluding carboxylic acids is 1. The Kier molecular flexibility index (Phi) is 3.72. The third-order valence-electron chi connectivity index (χ3n) is 3.91. The molecule has 0 saturated heterocycles. The van der Waals surface area contributed by atoms with Crippen LogP contribution in [0.3, 0.4) is 0 Å². The van der Waals surface area contributed by atoms with Crippen LogP contribution in [0, 0.1) is 6.92 Å². The number of hydrogen-bond donors (Lipinski definition) is 0. The van der Waals surface area contributed by atoms with Gasteiger partial charge >= 0.3 is 0 Å². The molecule has 0 saturated carbocycles. The number of aldehydes is 1. The van der Waals surface area contributed by atoms with E-state index in [0.29, 0.717) is 0 Å². The van der Waals surface area contributed by atoms with Gasteiger partial charge in [0.25, 0.3) is 0 Å². The normalized spacial score (nSPS) is 15.9. The van der Waals surface area contributed by atoms with Gasteiger partial charge in [-0.2, -0.15) is 0 Å². The van der Waals surface area contributed by atoms with Gasteiger partial charge in [-0.25, -0.2) is 0 Å². The number of halogens is 1. The van der Waals surface area contributed by atoms with Crippen molar-refractivity contribution in [1.82, 2.24) is 4.90 Å². The van der Waals surface area contributed by atoms with E-state index in [1.54, 1.807) is 0 Å². The number of hydrogen-bond acceptors (Lipinski definition) is 2. The molecule has 1 aliphatic heterocycles. The summed E-state index contributed by atoms with van der Waals surface area (Å²) in [6, 6.07) is 14.4. The summed E-state index contributed by atoms with van der Waals surface area (Å²) < 4.78 is 1.08. The van der Waals surface area contributed by atoms with Crippen LogP contribution in [-0.4, -0.2) is 11.2 Å². The number of aryl methyl sites for hydroxylation is 1. The molecule has 1 unspecified atom stereocenters. The molecule has 3 rings (SSSR count). The molecule has 20 heavy (non-hydrogen) atoms. The smallest absolute Gasteiger partial charge is 0.141 e. The molecule has 3 heteroatoms. The molecule has 2 aromatic carbocycles. The maximum absolute atomic E-state index is 11.6. The quantitative estimate of drug-likeness (QED) is 0.793. The van der Waals surface area contributed by atoms with Crippen LogP contribution in [0.4, 0.5) is 0 Å². The standard InChI is InChI=1S/C17H16BrNO/c1-12-8-13(6-7-16(12)18)17(11-20)19-9-14-4-2-3-5-15(14)10-19/h2-8,11,17H,9-10H2,1H3. The first kappa shape index (κ1) is 13.5. The van der Waals surface area contributed by atoms with Gasteiger partial charge in [0.05, 0.1) is 6.04 Å². The number of nitrogens with zero attached hydrogens (tertiary/aromatic N) is 1. The average Bonchev–Trinajstić information content (AvgIpc) is 2.87. The van der Waals surface area contributed by atoms with Crippen LogP contribution in [-0.2, 0) is 17.9 Å². The highest BCUT2D eigenvalue weighted by molar-refractivity contribution is 9.10. The van der Waals surface area contributed by atoms with Crippen LogP contribution < -0.4 is 0 Å². The first-order valence-electron chi connectivity index (χ1n) is 6.71. The lowest BCUT2D eigenvalue weighted by molar-refractivity contribution is -0.112. The number of fused-ring (bicyclic) bond motifs is 1. The molecule has 1 atom stereocenters. The Labute approximate surface area is 127 Å². The summed E-state index contributed by atoms with van der Waals surface area (Å²) in [7, 11) is 0. The molecule has 1 aliphatic rings. The predicted molar refractivity (Wildman–Crippen MR) is 83.4 cm³/mol. The molecule has 2 nitrogen and oxygen atoms in total. The Morgan fingerprint density at radius 3 is 2.35 bits per heavy atom. The fourth-order valence-electron chi connectivity index (χ4n) is 2.78. The zero-order chi connectivity index (χ0) is 14.1. The molecule has 0 fully saturated rings. The SMILES string of the molecule is Cc1cc(C(C=O)N2Cc3ccccc3C2)ccc1Br. The van der Waals surface area contributed by atoms with E-state index >= 15 is 0 Å². The lowest BCUT2D eigenvalue weighted by Gasteiger charge is -2.23. The minimum absolute atomic E-state index is 0.172. The summed E-state index contributed by atoms with van der Waals surface area (Å²) in [6.45, 7) is 3.73. The molecule has 1 heterocycles. The first-order valence-corrected chi connectivity index (χ1v) is 7.50. The van der Waals surface area contributed by atoms with Gasteiger partial charge in [0.2, 0.25) is 0 Å². The van der Waals surface area contributed by atoms with E-state index in [9.17, 15) is 4.79 Å². The second-order valence-corrected chi connectivity index (χ2v) is 6.12. The van der Waals surface area contributed by atoms with E-state index in [1.807, 2.05) is 19.1 Å². The van der Waals surface area contributed by atoms with Crippen molar-refractivity contribution >= 4 is 22.2 Å². The molecule has 2 aromatic rings. The molecule has 0 aliphatic carbocycles. The van der Waals surface area contributed by atoms with Gasteiger partial charge in [0, 0.05) is 17.6 Å². The van der Waals surface area contributed by atoms with E-state index in [1.165, 1.54) is 11.1 Å². The zero-order valence-corrected chi connectivity index (χ0v) is 12.9. The van der Waals surface area contributed by atoms with Gasteiger partial charge in [-0.1, -0.05) is 52.3 Å². The van der Waals surface area contributed by atoms with Crippen LogP contribution in [0.1, 0.15) is 28.3 Å². The third-order valence-corrected chi connectivity index (χ3v) is 4.80. The van der Waals surface area contributed by atoms with E-state index in [-0.39, 0.29) is 6.04 Å². The molecule has 0 spiro atoms. The molecule has 0 radical (unpaired) electrons. The van der Waals surface area contributed by atoms with Gasteiger partial charge in [-0.3, -0.25) is 4.90 Å². The second-order valence-electron chi connectivity index (χ2n) is 5.26. The van der Waals surface area contributed by atoms with Crippen molar-refractivity contribution in [2.24, 2.45) is 0 Å². The van der Waals surface area contributed by atoms with E-state index in [2.05, 4.69) is 51.2 Å². The lowest BCUT2D eigenvalue weighted by atomic mass is 10.0. The highest BCUT2D eigenvalue weighted by atomic mass is 79.9. The minimum atomic E-state index is -0.172. The van der Waals surface area contributed by atoms with Crippen LogP contribution in [0.25, 0.3) is 0 Å². The fourth-order valence-corrected chi connectivity index (χ4v) is 3.03. The van der Waals surface area contributed by atoms with Gasteiger partial charge in [0.1, 0.15) is 6.29 Å². The van der Waals surface area contributed by atoms with Crippen molar-refractivity contribution < 1.29 is 4.79 Å². The van der Waals surface area contributed by atoms with Gasteiger partial charge in [-0.15, -0.1) is 0 Å². The largest absolute Gasteiger partial charge is 0.301 e. The summed E-state index contributed by atoms with van der Waals surface area (Å²) >= 11 is 3.51. The Balaban J connectivity index is 1.88. The summed E-state index contributed by atoms with van der Waals surface area (Å²) in [5, 5.41) is 0. The average molecular weight is 330 g/mol. The topological polar surface area (TPSA) is 20.3 Å². The summed E-state index contributed by atoms with van der Waals surface area (Å²) in [5.41, 5.74) is 4.88. The van der Waals surface area contributed by atoms with Crippen molar-refractivity contribution in [3.63, 3.8) is 0 Å². The molecule has 0 amide bonds. The van der Waals surface area contributed by atoms with Gasteiger partial charge < -0.3 is 4.79 Å². The number of rotatable bonds is 3. The van der Waals surface area contributed by atoms with Crippen LogP contribution in [0.5, 0.6) is 0 Å². The molecule has 102 valence electrons. The summed E-state index contributed by atoms with van der Waals surface area (Å²) in [4.78, 5) is 13.8. The van der Waals surface area contributed by atoms with Gasteiger partial charge in [0.15, 0.2) is 0 Å². The Morgan fingerprint density at radius 2 is 1.80 bits per heavy atom. The van der Waals surface area contributed by atoms with Gasteiger partial charge in [-0.05, 0) is 35.2 Å². The van der Waals surface area contributed by atoms with E-state index < -0.39 is 0 Å². The maximum atomic E-state index is 11.6. The molecule has 0 N–H and O–H groups in total. The second kappa shape index (κ2) is 5.51. The molecule has 0 bridgehead atoms. The summed E-state index contributed by atoms with van der Waals surface area (Å²) in [5.74, 6) is 0. The highest BCUT2D eigenvalue weighted by Gasteiger charge is 2.26. The number of carbonyl (C=O) groups is 1. The Hall–Kier alpha value is -1.45. The Bertz CT molecular complexity index is 628. The fraction of sp³-hybridized carbons (Fsp3) is 0.235. The van der Waals surface area contributed by atoms with E-state index in [4.69, 9.17) is 0 Å². The third kappa shape index (κ3) is 2.43. The van der Waals surface area contributed by atoms with Crippen molar-refractivity contribution in [1.29, 1.82) is 0 Å². The molecule has 0 aromatic heterocycles. The Morgan fingerprint density at radius 1 is 1.15 bits per heavy atom. The number of benzene rings is 2. The molecular formula is C17H16BrNO. The summed E-state index contributed by atoms with van der Waals surface area (Å²) in [6.07, 6.45) is 1.05. The van der Waals surface area contributed by atoms with Crippen molar-refractivity contribution in [2.45, 2.75) is 26.1 Å². The molecular weight excluding hydrogens is 314 g/mol. The van der Waals surface area contributed by atoms with Crippen molar-refractivity contribution in [3.8, 4) is 0 Å². The van der Waals surface area contributed by atoms with E-state index in [0.717, 1.165) is 35.0 Å². The van der Waals surface area contributed by atoms with Crippen molar-refractivity contribution in [3.05, 3.63) is 69.2 Å². The van der Waals surface area contributed by atoms with Crippen LogP contribution in [0.2, 0.25) is 0 Å². The van der Waals surface area contributed by atoms with Crippen LogP contribution >= 0.6 is 15.9 Å². The predicted octanol–water partition coefficient (Wildman–Crippen LogP) is 4.01. The van der Waals surface area contributed by atoms with Crippen LogP contribution in [0.15, 0.2) is 46.9 Å². The minimum Gasteiger partial charge on any atom is -0.301 e.